The Morgan fingerprint density at radius 2 is 1.93 bits per heavy atom. The van der Waals surface area contributed by atoms with Crippen molar-refractivity contribution in [1.29, 1.82) is 0 Å². The van der Waals surface area contributed by atoms with E-state index in [1.807, 2.05) is 13.8 Å². The quantitative estimate of drug-likeness (QED) is 0.486. The maximum atomic E-state index is 13.3. The number of aliphatic hydroxyl groups is 2. The van der Waals surface area contributed by atoms with Crippen LogP contribution in [0.5, 0.6) is 0 Å². The van der Waals surface area contributed by atoms with Gasteiger partial charge in [0.2, 0.25) is 0 Å². The summed E-state index contributed by atoms with van der Waals surface area (Å²) in [6.45, 7) is 8.75. The number of fused-ring (bicyclic) bond motifs is 1. The number of rotatable bonds is 6. The molecule has 0 amide bonds. The second-order valence-corrected chi connectivity index (χ2v) is 11.2. The van der Waals surface area contributed by atoms with Crippen LogP contribution in [0.2, 0.25) is 0 Å². The predicted molar refractivity (Wildman–Crippen MR) is 123 cm³/mol. The first-order valence-corrected chi connectivity index (χ1v) is 12.2. The highest BCUT2D eigenvalue weighted by atomic mass is 19.1. The molecule has 0 aromatic rings. The Morgan fingerprint density at radius 3 is 2.63 bits per heavy atom. The number of hydrogen-bond acceptors (Lipinski definition) is 2. The van der Waals surface area contributed by atoms with Gasteiger partial charge in [0.25, 0.3) is 0 Å². The normalized spacial score (nSPS) is 37.7. The van der Waals surface area contributed by atoms with Gasteiger partial charge in [-0.25, -0.2) is 4.39 Å². The minimum atomic E-state index is -0.560. The highest BCUT2D eigenvalue weighted by Crippen LogP contribution is 2.60. The largest absolute Gasteiger partial charge is 0.393 e. The van der Waals surface area contributed by atoms with E-state index in [-0.39, 0.29) is 6.10 Å². The molecule has 3 fully saturated rings. The molecule has 0 saturated heterocycles. The molecule has 0 bridgehead atoms. The van der Waals surface area contributed by atoms with Crippen LogP contribution in [-0.2, 0) is 0 Å². The SMILES string of the molecule is C[C@H](CCCC(C)(C)O)[C@H]1CCC2C(=C/C=C3/C[C@@H](O)CCC3=CF)CCC[C@@]21C. The molecule has 30 heavy (non-hydrogen) atoms. The van der Waals surface area contributed by atoms with Crippen LogP contribution in [0.25, 0.3) is 0 Å². The molecule has 3 aliphatic carbocycles. The summed E-state index contributed by atoms with van der Waals surface area (Å²) in [5.41, 5.74) is 3.09. The van der Waals surface area contributed by atoms with Gasteiger partial charge in [-0.15, -0.1) is 0 Å². The zero-order valence-corrected chi connectivity index (χ0v) is 19.6. The van der Waals surface area contributed by atoms with E-state index < -0.39 is 5.60 Å². The molecule has 0 aromatic heterocycles. The second kappa shape index (κ2) is 9.69. The smallest absolute Gasteiger partial charge is 0.0901 e. The lowest BCUT2D eigenvalue weighted by molar-refractivity contribution is 0.0596. The zero-order valence-electron chi connectivity index (χ0n) is 19.6. The lowest BCUT2D eigenvalue weighted by Crippen LogP contribution is -2.36. The van der Waals surface area contributed by atoms with Crippen molar-refractivity contribution in [3.8, 4) is 0 Å². The van der Waals surface area contributed by atoms with Crippen LogP contribution >= 0.6 is 0 Å². The van der Waals surface area contributed by atoms with E-state index in [2.05, 4.69) is 26.0 Å². The molecule has 2 N–H and O–H groups in total. The molecule has 0 aromatic carbocycles. The van der Waals surface area contributed by atoms with Crippen LogP contribution in [-0.4, -0.2) is 21.9 Å². The molecular weight excluding hydrogens is 375 g/mol. The van der Waals surface area contributed by atoms with E-state index in [1.54, 1.807) is 5.57 Å². The lowest BCUT2D eigenvalue weighted by Gasteiger charge is -2.44. The third-order valence-corrected chi connectivity index (χ3v) is 8.42. The van der Waals surface area contributed by atoms with Crippen LogP contribution in [0.3, 0.4) is 0 Å². The molecular formula is C27H43FO2. The third-order valence-electron chi connectivity index (χ3n) is 8.42. The maximum Gasteiger partial charge on any atom is 0.0901 e. The Kier molecular flexibility index (Phi) is 7.66. The standard InChI is InChI=1S/C27H43FO2/c1-19(7-5-15-26(2,3)30)24-13-14-25-20(8-6-16-27(24,25)4)9-10-21-17-23(29)12-11-22(21)18-28/h9-10,18-19,23-25,29-30H,5-8,11-17H2,1-4H3/b20-9?,21-10-,22-18?/t19-,23+,24-,25?,27-/m1/s1. The summed E-state index contributed by atoms with van der Waals surface area (Å²) in [6, 6.07) is 0. The van der Waals surface area contributed by atoms with Crippen molar-refractivity contribution in [3.63, 3.8) is 0 Å². The van der Waals surface area contributed by atoms with Crippen molar-refractivity contribution in [1.82, 2.24) is 0 Å². The van der Waals surface area contributed by atoms with Crippen molar-refractivity contribution in [2.45, 2.75) is 110 Å². The molecule has 3 saturated carbocycles. The Balaban J connectivity index is 1.71. The van der Waals surface area contributed by atoms with Gasteiger partial charge in [0.1, 0.15) is 0 Å². The minimum absolute atomic E-state index is 0.337. The summed E-state index contributed by atoms with van der Waals surface area (Å²) in [5, 5.41) is 20.0. The van der Waals surface area contributed by atoms with Gasteiger partial charge in [-0.05, 0) is 106 Å². The molecule has 0 spiro atoms. The number of hydrogen-bond donors (Lipinski definition) is 2. The van der Waals surface area contributed by atoms with Crippen LogP contribution in [0.4, 0.5) is 4.39 Å². The Hall–Kier alpha value is -0.930. The van der Waals surface area contributed by atoms with Crippen molar-refractivity contribution >= 4 is 0 Å². The summed E-state index contributed by atoms with van der Waals surface area (Å²) >= 11 is 0. The molecule has 5 atom stereocenters. The van der Waals surface area contributed by atoms with Crippen molar-refractivity contribution in [2.24, 2.45) is 23.2 Å². The van der Waals surface area contributed by atoms with Crippen LogP contribution in [0, 0.1) is 23.2 Å². The lowest BCUT2D eigenvalue weighted by atomic mass is 9.60. The topological polar surface area (TPSA) is 40.5 Å². The fourth-order valence-corrected chi connectivity index (χ4v) is 6.75. The summed E-state index contributed by atoms with van der Waals surface area (Å²) in [7, 11) is 0. The summed E-state index contributed by atoms with van der Waals surface area (Å²) in [5.74, 6) is 2.07. The van der Waals surface area contributed by atoms with Gasteiger partial charge < -0.3 is 10.2 Å². The Labute approximate surface area is 183 Å². The first-order valence-electron chi connectivity index (χ1n) is 12.2. The zero-order chi connectivity index (χ0) is 21.9. The van der Waals surface area contributed by atoms with Gasteiger partial charge in [-0.3, -0.25) is 0 Å². The molecule has 170 valence electrons. The summed E-state index contributed by atoms with van der Waals surface area (Å²) in [6.07, 6.45) is 16.1. The number of aliphatic hydroxyl groups excluding tert-OH is 1. The average molecular weight is 419 g/mol. The van der Waals surface area contributed by atoms with Gasteiger partial charge >= 0.3 is 0 Å². The minimum Gasteiger partial charge on any atom is -0.393 e. The van der Waals surface area contributed by atoms with E-state index in [1.165, 1.54) is 32.1 Å². The van der Waals surface area contributed by atoms with Crippen molar-refractivity contribution in [2.75, 3.05) is 0 Å². The molecule has 3 heteroatoms. The molecule has 0 aliphatic heterocycles. The van der Waals surface area contributed by atoms with Crippen LogP contribution < -0.4 is 0 Å². The van der Waals surface area contributed by atoms with Gasteiger partial charge in [0.05, 0.1) is 18.0 Å². The summed E-state index contributed by atoms with van der Waals surface area (Å²) < 4.78 is 13.3. The second-order valence-electron chi connectivity index (χ2n) is 11.2. The van der Waals surface area contributed by atoms with E-state index in [9.17, 15) is 14.6 Å². The first kappa shape index (κ1) is 23.7. The van der Waals surface area contributed by atoms with E-state index in [4.69, 9.17) is 0 Å². The van der Waals surface area contributed by atoms with Crippen LogP contribution in [0.15, 0.2) is 35.2 Å². The van der Waals surface area contributed by atoms with Gasteiger partial charge in [-0.1, -0.05) is 44.4 Å². The predicted octanol–water partition coefficient (Wildman–Crippen LogP) is 7.03. The average Bonchev–Trinajstić information content (AvgIpc) is 3.03. The molecule has 3 rings (SSSR count). The fraction of sp³-hybridized carbons (Fsp3) is 0.778. The first-order chi connectivity index (χ1) is 14.1. The molecule has 0 heterocycles. The third kappa shape index (κ3) is 5.46. The molecule has 0 radical (unpaired) electrons. The van der Waals surface area contributed by atoms with Gasteiger partial charge in [0, 0.05) is 0 Å². The van der Waals surface area contributed by atoms with Gasteiger partial charge in [0.15, 0.2) is 0 Å². The Morgan fingerprint density at radius 1 is 1.17 bits per heavy atom. The molecule has 1 unspecified atom stereocenters. The van der Waals surface area contributed by atoms with Gasteiger partial charge in [-0.2, -0.15) is 0 Å². The highest BCUT2D eigenvalue weighted by molar-refractivity contribution is 5.37. The van der Waals surface area contributed by atoms with E-state index >= 15 is 0 Å². The maximum absolute atomic E-state index is 13.3. The van der Waals surface area contributed by atoms with Crippen LogP contribution in [0.1, 0.15) is 98.3 Å². The number of allylic oxidation sites excluding steroid dienone is 4. The van der Waals surface area contributed by atoms with E-state index in [0.717, 1.165) is 42.7 Å². The number of halogens is 1. The molecule has 3 aliphatic rings. The van der Waals surface area contributed by atoms with Crippen molar-refractivity contribution < 1.29 is 14.6 Å². The van der Waals surface area contributed by atoms with Crippen molar-refractivity contribution in [3.05, 3.63) is 35.2 Å². The van der Waals surface area contributed by atoms with E-state index in [0.29, 0.717) is 36.5 Å². The summed E-state index contributed by atoms with van der Waals surface area (Å²) in [4.78, 5) is 0. The fourth-order valence-electron chi connectivity index (χ4n) is 6.75. The molecule has 2 nitrogen and oxygen atoms in total. The highest BCUT2D eigenvalue weighted by Gasteiger charge is 2.50. The Bertz CT molecular complexity index is 683. The monoisotopic (exact) mass is 418 g/mol.